The molecule has 0 saturated heterocycles. The molecular formula is C25H28N2O4. The lowest BCUT2D eigenvalue weighted by atomic mass is 10.0. The van der Waals surface area contributed by atoms with Crippen molar-refractivity contribution in [2.24, 2.45) is 5.92 Å². The van der Waals surface area contributed by atoms with E-state index in [1.165, 1.54) is 0 Å². The van der Waals surface area contributed by atoms with Gasteiger partial charge in [0.05, 0.1) is 19.9 Å². The predicted molar refractivity (Wildman–Crippen MR) is 118 cm³/mol. The lowest BCUT2D eigenvalue weighted by molar-refractivity contribution is -0.144. The molecule has 0 fully saturated rings. The molecule has 2 aromatic carbocycles. The summed E-state index contributed by atoms with van der Waals surface area (Å²) < 4.78 is 10.6. The molecule has 0 aliphatic rings. The van der Waals surface area contributed by atoms with Crippen molar-refractivity contribution in [2.75, 3.05) is 7.11 Å². The molecule has 31 heavy (non-hydrogen) atoms. The second-order valence-electron chi connectivity index (χ2n) is 7.58. The molecule has 162 valence electrons. The molecule has 0 unspecified atom stereocenters. The molecule has 1 atom stereocenters. The third kappa shape index (κ3) is 5.75. The Balaban J connectivity index is 1.93. The van der Waals surface area contributed by atoms with Crippen LogP contribution in [0, 0.1) is 5.92 Å². The number of carbonyl (C=O) groups is 2. The first kappa shape index (κ1) is 22.2. The van der Waals surface area contributed by atoms with E-state index in [9.17, 15) is 9.59 Å². The summed E-state index contributed by atoms with van der Waals surface area (Å²) in [7, 11) is 1.61. The number of furan rings is 1. The first-order chi connectivity index (χ1) is 15.0. The van der Waals surface area contributed by atoms with Crippen molar-refractivity contribution in [3.63, 3.8) is 0 Å². The largest absolute Gasteiger partial charge is 0.497 e. The van der Waals surface area contributed by atoms with E-state index in [-0.39, 0.29) is 24.3 Å². The molecule has 1 N–H and O–H groups in total. The monoisotopic (exact) mass is 420 g/mol. The summed E-state index contributed by atoms with van der Waals surface area (Å²) in [5, 5.41) is 2.92. The Morgan fingerprint density at radius 2 is 1.71 bits per heavy atom. The van der Waals surface area contributed by atoms with Crippen molar-refractivity contribution in [1.82, 2.24) is 10.2 Å². The van der Waals surface area contributed by atoms with Gasteiger partial charge in [-0.25, -0.2) is 0 Å². The molecule has 0 saturated carbocycles. The zero-order valence-electron chi connectivity index (χ0n) is 18.1. The number of hydrogen-bond acceptors (Lipinski definition) is 4. The Morgan fingerprint density at radius 3 is 2.29 bits per heavy atom. The van der Waals surface area contributed by atoms with E-state index in [2.05, 4.69) is 5.32 Å². The van der Waals surface area contributed by atoms with E-state index < -0.39 is 6.04 Å². The van der Waals surface area contributed by atoms with Crippen LogP contribution in [0.4, 0.5) is 0 Å². The molecule has 6 nitrogen and oxygen atoms in total. The van der Waals surface area contributed by atoms with Crippen molar-refractivity contribution >= 4 is 11.8 Å². The first-order valence-corrected chi connectivity index (χ1v) is 10.3. The number of amides is 2. The van der Waals surface area contributed by atoms with Gasteiger partial charge < -0.3 is 19.4 Å². The van der Waals surface area contributed by atoms with Crippen molar-refractivity contribution < 1.29 is 18.7 Å². The Labute approximate surface area is 182 Å². The van der Waals surface area contributed by atoms with Crippen LogP contribution in [-0.4, -0.2) is 23.8 Å². The number of nitrogens with one attached hydrogen (secondary N) is 1. The van der Waals surface area contributed by atoms with Gasteiger partial charge >= 0.3 is 0 Å². The van der Waals surface area contributed by atoms with E-state index in [4.69, 9.17) is 9.15 Å². The van der Waals surface area contributed by atoms with Gasteiger partial charge in [-0.3, -0.25) is 9.59 Å². The SMILES string of the molecule is COc1ccc(CN(C(=O)C(C)C)[C@H](C(=O)NCc2ccco2)c2ccccc2)cc1. The van der Waals surface area contributed by atoms with E-state index in [1.807, 2.05) is 68.4 Å². The fraction of sp³-hybridized carbons (Fsp3) is 0.280. The zero-order valence-corrected chi connectivity index (χ0v) is 18.1. The molecule has 2 amide bonds. The van der Waals surface area contributed by atoms with Crippen LogP contribution in [0.5, 0.6) is 5.75 Å². The van der Waals surface area contributed by atoms with Crippen LogP contribution in [0.3, 0.4) is 0 Å². The van der Waals surface area contributed by atoms with Crippen molar-refractivity contribution in [3.8, 4) is 5.75 Å². The minimum Gasteiger partial charge on any atom is -0.497 e. The maximum Gasteiger partial charge on any atom is 0.247 e. The molecule has 6 heteroatoms. The number of ether oxygens (including phenoxy) is 1. The summed E-state index contributed by atoms with van der Waals surface area (Å²) in [6.45, 7) is 4.23. The smallest absolute Gasteiger partial charge is 0.247 e. The van der Waals surface area contributed by atoms with Gasteiger partial charge in [0.25, 0.3) is 0 Å². The topological polar surface area (TPSA) is 71.8 Å². The Morgan fingerprint density at radius 1 is 1.00 bits per heavy atom. The minimum absolute atomic E-state index is 0.0992. The van der Waals surface area contributed by atoms with Crippen molar-refractivity contribution in [2.45, 2.75) is 33.0 Å². The summed E-state index contributed by atoms with van der Waals surface area (Å²) in [4.78, 5) is 28.2. The average Bonchev–Trinajstić information content (AvgIpc) is 3.31. The number of methoxy groups -OCH3 is 1. The third-order valence-electron chi connectivity index (χ3n) is 4.98. The summed E-state index contributed by atoms with van der Waals surface area (Å²) >= 11 is 0. The lowest BCUT2D eigenvalue weighted by Crippen LogP contribution is -2.44. The zero-order chi connectivity index (χ0) is 22.2. The highest BCUT2D eigenvalue weighted by Crippen LogP contribution is 2.26. The first-order valence-electron chi connectivity index (χ1n) is 10.3. The maximum atomic E-state index is 13.3. The molecule has 0 aliphatic heterocycles. The van der Waals surface area contributed by atoms with Crippen molar-refractivity contribution in [1.29, 1.82) is 0 Å². The van der Waals surface area contributed by atoms with E-state index in [1.54, 1.807) is 30.4 Å². The molecule has 1 heterocycles. The highest BCUT2D eigenvalue weighted by Gasteiger charge is 2.32. The third-order valence-corrected chi connectivity index (χ3v) is 4.98. The standard InChI is InChI=1S/C25H28N2O4/c1-18(2)25(29)27(17-19-11-13-21(30-3)14-12-19)23(20-8-5-4-6-9-20)24(28)26-16-22-10-7-15-31-22/h4-15,18,23H,16-17H2,1-3H3,(H,26,28)/t23-/m0/s1. The molecule has 0 radical (unpaired) electrons. The van der Waals surface area contributed by atoms with Gasteiger partial charge in [0.1, 0.15) is 17.6 Å². The predicted octanol–water partition coefficient (Wildman–Crippen LogP) is 4.33. The molecule has 0 bridgehead atoms. The quantitative estimate of drug-likeness (QED) is 0.559. The summed E-state index contributed by atoms with van der Waals surface area (Å²) in [6, 6.07) is 19.7. The molecule has 3 aromatic rings. The summed E-state index contributed by atoms with van der Waals surface area (Å²) in [5.74, 6) is 0.767. The average molecular weight is 421 g/mol. The van der Waals surface area contributed by atoms with Crippen LogP contribution in [0.25, 0.3) is 0 Å². The normalized spacial score (nSPS) is 11.7. The Bertz CT molecular complexity index is 967. The fourth-order valence-electron chi connectivity index (χ4n) is 3.35. The van der Waals surface area contributed by atoms with Gasteiger partial charge in [-0.1, -0.05) is 56.3 Å². The van der Waals surface area contributed by atoms with Crippen LogP contribution in [0.2, 0.25) is 0 Å². The van der Waals surface area contributed by atoms with Gasteiger partial charge in [0.2, 0.25) is 11.8 Å². The summed E-state index contributed by atoms with van der Waals surface area (Å²) in [5.41, 5.74) is 1.66. The van der Waals surface area contributed by atoms with Gasteiger partial charge in [-0.2, -0.15) is 0 Å². The van der Waals surface area contributed by atoms with Crippen LogP contribution in [-0.2, 0) is 22.7 Å². The number of nitrogens with zero attached hydrogens (tertiary/aromatic N) is 1. The Kier molecular flexibility index (Phi) is 7.49. The van der Waals surface area contributed by atoms with E-state index >= 15 is 0 Å². The highest BCUT2D eigenvalue weighted by molar-refractivity contribution is 5.89. The summed E-state index contributed by atoms with van der Waals surface area (Å²) in [6.07, 6.45) is 1.56. The van der Waals surface area contributed by atoms with E-state index in [0.717, 1.165) is 16.9 Å². The second-order valence-corrected chi connectivity index (χ2v) is 7.58. The molecule has 0 aliphatic carbocycles. The van der Waals surface area contributed by atoms with Crippen LogP contribution < -0.4 is 10.1 Å². The van der Waals surface area contributed by atoms with Gasteiger partial charge in [-0.05, 0) is 35.4 Å². The number of carbonyl (C=O) groups excluding carboxylic acids is 2. The van der Waals surface area contributed by atoms with Gasteiger partial charge in [0, 0.05) is 12.5 Å². The number of hydrogen-bond donors (Lipinski definition) is 1. The molecule has 3 rings (SSSR count). The van der Waals surface area contributed by atoms with Gasteiger partial charge in [-0.15, -0.1) is 0 Å². The van der Waals surface area contributed by atoms with E-state index in [0.29, 0.717) is 12.3 Å². The second kappa shape index (κ2) is 10.5. The lowest BCUT2D eigenvalue weighted by Gasteiger charge is -2.33. The van der Waals surface area contributed by atoms with Gasteiger partial charge in [0.15, 0.2) is 0 Å². The van der Waals surface area contributed by atoms with Crippen LogP contribution in [0.1, 0.15) is 36.8 Å². The van der Waals surface area contributed by atoms with Crippen molar-refractivity contribution in [3.05, 3.63) is 89.9 Å². The Hall–Kier alpha value is -3.54. The molecular weight excluding hydrogens is 392 g/mol. The number of rotatable bonds is 9. The highest BCUT2D eigenvalue weighted by atomic mass is 16.5. The van der Waals surface area contributed by atoms with Crippen LogP contribution >= 0.6 is 0 Å². The van der Waals surface area contributed by atoms with Crippen LogP contribution in [0.15, 0.2) is 77.4 Å². The minimum atomic E-state index is -0.770. The number of benzene rings is 2. The molecule has 0 spiro atoms. The maximum absolute atomic E-state index is 13.3. The molecule has 1 aromatic heterocycles. The fourth-order valence-corrected chi connectivity index (χ4v) is 3.35.